The standard InChI is InChI=1S/C8H10ClN3OS/c9-5-2-1-3-6(10)8(5)14-4-7(13)12-11/h1-3H,4,10-11H2,(H,12,13). The molecule has 0 radical (unpaired) electrons. The van der Waals surface area contributed by atoms with Crippen LogP contribution in [0.5, 0.6) is 0 Å². The predicted octanol–water partition coefficient (Wildman–Crippen LogP) is 1.00. The first-order valence-electron chi connectivity index (χ1n) is 3.81. The number of hydrogen-bond donors (Lipinski definition) is 3. The van der Waals surface area contributed by atoms with Crippen molar-refractivity contribution in [2.24, 2.45) is 5.84 Å². The fraction of sp³-hybridized carbons (Fsp3) is 0.125. The van der Waals surface area contributed by atoms with Crippen LogP contribution in [0.15, 0.2) is 23.1 Å². The van der Waals surface area contributed by atoms with E-state index in [1.807, 2.05) is 5.43 Å². The van der Waals surface area contributed by atoms with Gasteiger partial charge in [0.1, 0.15) is 0 Å². The van der Waals surface area contributed by atoms with Crippen LogP contribution in [0.4, 0.5) is 5.69 Å². The molecule has 0 aliphatic rings. The summed E-state index contributed by atoms with van der Waals surface area (Å²) < 4.78 is 0. The van der Waals surface area contributed by atoms with Crippen LogP contribution in [-0.2, 0) is 4.79 Å². The van der Waals surface area contributed by atoms with Gasteiger partial charge in [-0.2, -0.15) is 0 Å². The lowest BCUT2D eigenvalue weighted by Crippen LogP contribution is -2.31. The highest BCUT2D eigenvalue weighted by Crippen LogP contribution is 2.31. The van der Waals surface area contributed by atoms with E-state index < -0.39 is 0 Å². The summed E-state index contributed by atoms with van der Waals surface area (Å²) in [4.78, 5) is 11.6. The zero-order valence-electron chi connectivity index (χ0n) is 7.29. The molecule has 1 rings (SSSR count). The number of nitrogens with one attached hydrogen (secondary N) is 1. The summed E-state index contributed by atoms with van der Waals surface area (Å²) in [6.45, 7) is 0. The van der Waals surface area contributed by atoms with Gasteiger partial charge in [0, 0.05) is 10.6 Å². The number of carbonyl (C=O) groups is 1. The van der Waals surface area contributed by atoms with Crippen molar-refractivity contribution in [3.63, 3.8) is 0 Å². The molecular weight excluding hydrogens is 222 g/mol. The Kier molecular flexibility index (Phi) is 4.06. The average molecular weight is 232 g/mol. The molecule has 1 amide bonds. The Labute approximate surface area is 90.9 Å². The Morgan fingerprint density at radius 3 is 2.86 bits per heavy atom. The van der Waals surface area contributed by atoms with Gasteiger partial charge in [0.05, 0.1) is 10.8 Å². The molecule has 1 aromatic rings. The van der Waals surface area contributed by atoms with Crippen LogP contribution in [0.1, 0.15) is 0 Å². The molecule has 1 aromatic carbocycles. The van der Waals surface area contributed by atoms with E-state index in [-0.39, 0.29) is 11.7 Å². The number of benzene rings is 1. The molecule has 0 heterocycles. The monoisotopic (exact) mass is 231 g/mol. The van der Waals surface area contributed by atoms with Gasteiger partial charge in [0.2, 0.25) is 5.91 Å². The molecule has 76 valence electrons. The van der Waals surface area contributed by atoms with E-state index in [2.05, 4.69) is 0 Å². The van der Waals surface area contributed by atoms with Crippen molar-refractivity contribution in [2.45, 2.75) is 4.90 Å². The highest BCUT2D eigenvalue weighted by molar-refractivity contribution is 8.00. The first-order valence-corrected chi connectivity index (χ1v) is 5.17. The molecule has 0 atom stereocenters. The second-order valence-electron chi connectivity index (χ2n) is 2.51. The second kappa shape index (κ2) is 5.09. The molecule has 0 fully saturated rings. The summed E-state index contributed by atoms with van der Waals surface area (Å²) in [7, 11) is 0. The molecule has 0 aliphatic heterocycles. The number of nitrogen functional groups attached to an aromatic ring is 1. The van der Waals surface area contributed by atoms with Crippen molar-refractivity contribution < 1.29 is 4.79 Å². The van der Waals surface area contributed by atoms with Crippen molar-refractivity contribution in [2.75, 3.05) is 11.5 Å². The zero-order valence-corrected chi connectivity index (χ0v) is 8.86. The number of carbonyl (C=O) groups excluding carboxylic acids is 1. The first-order chi connectivity index (χ1) is 6.65. The van der Waals surface area contributed by atoms with Crippen LogP contribution >= 0.6 is 23.4 Å². The van der Waals surface area contributed by atoms with E-state index >= 15 is 0 Å². The summed E-state index contributed by atoms with van der Waals surface area (Å²) in [5.74, 6) is 4.86. The van der Waals surface area contributed by atoms with Crippen LogP contribution in [0.25, 0.3) is 0 Å². The molecule has 0 unspecified atom stereocenters. The van der Waals surface area contributed by atoms with Gasteiger partial charge in [0.25, 0.3) is 0 Å². The minimum atomic E-state index is -0.269. The Hall–Kier alpha value is -0.910. The van der Waals surface area contributed by atoms with Gasteiger partial charge in [-0.3, -0.25) is 10.2 Å². The van der Waals surface area contributed by atoms with Gasteiger partial charge in [-0.25, -0.2) is 5.84 Å². The SMILES string of the molecule is NNC(=O)CSc1c(N)cccc1Cl. The smallest absolute Gasteiger partial charge is 0.244 e. The molecule has 0 aliphatic carbocycles. The molecule has 5 N–H and O–H groups in total. The van der Waals surface area contributed by atoms with Gasteiger partial charge in [-0.05, 0) is 12.1 Å². The molecule has 14 heavy (non-hydrogen) atoms. The number of amides is 1. The first kappa shape index (κ1) is 11.2. The predicted molar refractivity (Wildman–Crippen MR) is 58.9 cm³/mol. The maximum Gasteiger partial charge on any atom is 0.244 e. The average Bonchev–Trinajstić information content (AvgIpc) is 2.16. The number of nitrogens with two attached hydrogens (primary N) is 2. The minimum Gasteiger partial charge on any atom is -0.398 e. The van der Waals surface area contributed by atoms with Crippen molar-refractivity contribution >= 4 is 35.0 Å². The van der Waals surface area contributed by atoms with Gasteiger partial charge < -0.3 is 5.73 Å². The van der Waals surface area contributed by atoms with Crippen molar-refractivity contribution in [3.8, 4) is 0 Å². The molecule has 0 saturated carbocycles. The third-order valence-corrected chi connectivity index (χ3v) is 3.08. The molecule has 0 saturated heterocycles. The summed E-state index contributed by atoms with van der Waals surface area (Å²) >= 11 is 7.15. The van der Waals surface area contributed by atoms with Crippen molar-refractivity contribution in [3.05, 3.63) is 23.2 Å². The Morgan fingerprint density at radius 1 is 1.57 bits per heavy atom. The van der Waals surface area contributed by atoms with Crippen LogP contribution in [0, 0.1) is 0 Å². The van der Waals surface area contributed by atoms with Crippen LogP contribution in [0.3, 0.4) is 0 Å². The number of rotatable bonds is 3. The van der Waals surface area contributed by atoms with E-state index in [9.17, 15) is 4.79 Å². The maximum atomic E-state index is 10.9. The largest absolute Gasteiger partial charge is 0.398 e. The minimum absolute atomic E-state index is 0.199. The fourth-order valence-electron chi connectivity index (χ4n) is 0.857. The highest BCUT2D eigenvalue weighted by atomic mass is 35.5. The van der Waals surface area contributed by atoms with E-state index in [1.165, 1.54) is 11.8 Å². The Balaban J connectivity index is 2.71. The number of halogens is 1. The number of thioether (sulfide) groups is 1. The van der Waals surface area contributed by atoms with Crippen molar-refractivity contribution in [1.82, 2.24) is 5.43 Å². The Morgan fingerprint density at radius 2 is 2.29 bits per heavy atom. The molecule has 0 spiro atoms. The molecule has 4 nitrogen and oxygen atoms in total. The van der Waals surface area contributed by atoms with Gasteiger partial charge in [-0.1, -0.05) is 17.7 Å². The maximum absolute atomic E-state index is 10.9. The molecule has 0 aromatic heterocycles. The lowest BCUT2D eigenvalue weighted by Gasteiger charge is -2.06. The van der Waals surface area contributed by atoms with E-state index in [4.69, 9.17) is 23.2 Å². The topological polar surface area (TPSA) is 81.1 Å². The normalized spacial score (nSPS) is 9.86. The quantitative estimate of drug-likeness (QED) is 0.238. The van der Waals surface area contributed by atoms with Crippen LogP contribution in [-0.4, -0.2) is 11.7 Å². The molecule has 6 heteroatoms. The lowest BCUT2D eigenvalue weighted by molar-refractivity contribution is -0.118. The third kappa shape index (κ3) is 2.80. The highest BCUT2D eigenvalue weighted by Gasteiger charge is 2.07. The van der Waals surface area contributed by atoms with E-state index in [0.717, 1.165) is 0 Å². The lowest BCUT2D eigenvalue weighted by atomic mass is 10.3. The summed E-state index contributed by atoms with van der Waals surface area (Å²) in [6, 6.07) is 5.21. The number of hydrazine groups is 1. The van der Waals surface area contributed by atoms with Crippen molar-refractivity contribution in [1.29, 1.82) is 0 Å². The van der Waals surface area contributed by atoms with Crippen LogP contribution < -0.4 is 17.0 Å². The second-order valence-corrected chi connectivity index (χ2v) is 3.91. The number of hydrogen-bond acceptors (Lipinski definition) is 4. The summed E-state index contributed by atoms with van der Waals surface area (Å²) in [5, 5.41) is 0.542. The molecule has 0 bridgehead atoms. The number of anilines is 1. The summed E-state index contributed by atoms with van der Waals surface area (Å²) in [6.07, 6.45) is 0. The third-order valence-electron chi connectivity index (χ3n) is 1.51. The van der Waals surface area contributed by atoms with Gasteiger partial charge >= 0.3 is 0 Å². The molecular formula is C8H10ClN3OS. The Bertz CT molecular complexity index is 325. The fourth-order valence-corrected chi connectivity index (χ4v) is 2.00. The van der Waals surface area contributed by atoms with E-state index in [1.54, 1.807) is 18.2 Å². The zero-order chi connectivity index (χ0) is 10.6. The van der Waals surface area contributed by atoms with Gasteiger partial charge in [0.15, 0.2) is 0 Å². The summed E-state index contributed by atoms with van der Waals surface area (Å²) in [5.41, 5.74) is 8.27. The van der Waals surface area contributed by atoms with Crippen LogP contribution in [0.2, 0.25) is 5.02 Å². The van der Waals surface area contributed by atoms with Gasteiger partial charge in [-0.15, -0.1) is 11.8 Å². The van der Waals surface area contributed by atoms with E-state index in [0.29, 0.717) is 15.6 Å².